The van der Waals surface area contributed by atoms with Crippen LogP contribution >= 0.6 is 11.8 Å². The van der Waals surface area contributed by atoms with Crippen molar-refractivity contribution in [2.24, 2.45) is 0 Å². The Bertz CT molecular complexity index is 809. The zero-order valence-electron chi connectivity index (χ0n) is 16.0. The van der Waals surface area contributed by atoms with E-state index in [4.69, 9.17) is 4.74 Å². The molecule has 8 heteroatoms. The van der Waals surface area contributed by atoms with Crippen LogP contribution in [0.5, 0.6) is 5.75 Å². The van der Waals surface area contributed by atoms with Crippen LogP contribution in [0.1, 0.15) is 5.56 Å². The molecule has 0 atom stereocenters. The topological polar surface area (TPSA) is 70.7 Å². The van der Waals surface area contributed by atoms with Gasteiger partial charge in [-0.1, -0.05) is 12.1 Å². The summed E-state index contributed by atoms with van der Waals surface area (Å²) in [5, 5.41) is 5.43. The Hall–Kier alpha value is -2.74. The monoisotopic (exact) mass is 417 g/mol. The van der Waals surface area contributed by atoms with Gasteiger partial charge in [-0.05, 0) is 42.0 Å². The first-order valence-corrected chi connectivity index (χ1v) is 10.6. The SMILES string of the molecule is O=C(NCCOc1ccc(F)cc1)Nc1ccc(CC(=O)N2CCSCC2)cc1. The summed E-state index contributed by atoms with van der Waals surface area (Å²) in [6.07, 6.45) is 0.373. The van der Waals surface area contributed by atoms with Gasteiger partial charge < -0.3 is 20.3 Å². The van der Waals surface area contributed by atoms with Crippen molar-refractivity contribution in [1.29, 1.82) is 0 Å². The van der Waals surface area contributed by atoms with Crippen molar-refractivity contribution in [3.63, 3.8) is 0 Å². The minimum absolute atomic E-state index is 0.143. The second-order valence-corrected chi connectivity index (χ2v) is 7.77. The summed E-state index contributed by atoms with van der Waals surface area (Å²) in [5.74, 6) is 2.36. The molecule has 1 fully saturated rings. The summed E-state index contributed by atoms with van der Waals surface area (Å²) in [4.78, 5) is 26.2. The van der Waals surface area contributed by atoms with Gasteiger partial charge in [-0.2, -0.15) is 11.8 Å². The number of hydrogen-bond acceptors (Lipinski definition) is 4. The molecule has 3 amide bonds. The minimum atomic E-state index is -0.345. The lowest BCUT2D eigenvalue weighted by molar-refractivity contribution is -0.130. The Labute approximate surface area is 173 Å². The number of anilines is 1. The Morgan fingerprint density at radius 1 is 1.03 bits per heavy atom. The molecule has 1 heterocycles. The highest BCUT2D eigenvalue weighted by Crippen LogP contribution is 2.14. The van der Waals surface area contributed by atoms with E-state index in [1.165, 1.54) is 24.3 Å². The van der Waals surface area contributed by atoms with Gasteiger partial charge >= 0.3 is 6.03 Å². The Balaban J connectivity index is 1.36. The highest BCUT2D eigenvalue weighted by atomic mass is 32.2. The largest absolute Gasteiger partial charge is 0.492 e. The second-order valence-electron chi connectivity index (χ2n) is 6.55. The molecule has 2 aromatic rings. The number of ether oxygens (including phenoxy) is 1. The van der Waals surface area contributed by atoms with E-state index in [1.54, 1.807) is 12.1 Å². The number of carbonyl (C=O) groups is 2. The summed E-state index contributed by atoms with van der Waals surface area (Å²) in [7, 11) is 0. The fourth-order valence-corrected chi connectivity index (χ4v) is 3.75. The number of amides is 3. The van der Waals surface area contributed by atoms with Gasteiger partial charge in [0, 0.05) is 30.3 Å². The molecule has 3 rings (SSSR count). The van der Waals surface area contributed by atoms with Crippen molar-refractivity contribution < 1.29 is 18.7 Å². The van der Waals surface area contributed by atoms with Crippen LogP contribution in [0.4, 0.5) is 14.9 Å². The van der Waals surface area contributed by atoms with Gasteiger partial charge in [-0.15, -0.1) is 0 Å². The van der Waals surface area contributed by atoms with Gasteiger partial charge in [-0.25, -0.2) is 9.18 Å². The van der Waals surface area contributed by atoms with Crippen LogP contribution in [0.2, 0.25) is 0 Å². The standard InChI is InChI=1S/C21H24FN3O3S/c22-17-3-7-19(8-4-17)28-12-9-23-21(27)24-18-5-1-16(2-6-18)15-20(26)25-10-13-29-14-11-25/h1-8H,9-15H2,(H2,23,24,27). The maximum atomic E-state index is 12.8. The van der Waals surface area contributed by atoms with Gasteiger partial charge in [0.1, 0.15) is 18.2 Å². The zero-order valence-corrected chi connectivity index (χ0v) is 16.8. The Morgan fingerprint density at radius 3 is 2.41 bits per heavy atom. The lowest BCUT2D eigenvalue weighted by Gasteiger charge is -2.26. The molecular weight excluding hydrogens is 393 g/mol. The van der Waals surface area contributed by atoms with Crippen molar-refractivity contribution in [2.75, 3.05) is 43.1 Å². The molecule has 0 saturated carbocycles. The summed E-state index contributed by atoms with van der Waals surface area (Å²) < 4.78 is 18.2. The van der Waals surface area contributed by atoms with Gasteiger partial charge in [0.2, 0.25) is 5.91 Å². The van der Waals surface area contributed by atoms with Crippen LogP contribution in [-0.2, 0) is 11.2 Å². The van der Waals surface area contributed by atoms with Gasteiger partial charge in [0.15, 0.2) is 0 Å². The van der Waals surface area contributed by atoms with Gasteiger partial charge in [-0.3, -0.25) is 4.79 Å². The number of hydrogen-bond donors (Lipinski definition) is 2. The predicted molar refractivity (Wildman–Crippen MR) is 113 cm³/mol. The van der Waals surface area contributed by atoms with Crippen molar-refractivity contribution in [1.82, 2.24) is 10.2 Å². The molecule has 0 bridgehead atoms. The molecule has 1 aliphatic heterocycles. The number of halogens is 1. The molecule has 0 unspecified atom stereocenters. The molecule has 2 N–H and O–H groups in total. The van der Waals surface area contributed by atoms with Crippen molar-refractivity contribution >= 4 is 29.4 Å². The summed E-state index contributed by atoms with van der Waals surface area (Å²) in [6, 6.07) is 12.6. The van der Waals surface area contributed by atoms with Crippen LogP contribution in [0.15, 0.2) is 48.5 Å². The smallest absolute Gasteiger partial charge is 0.319 e. The number of rotatable bonds is 7. The lowest BCUT2D eigenvalue weighted by atomic mass is 10.1. The van der Waals surface area contributed by atoms with Gasteiger partial charge in [0.05, 0.1) is 13.0 Å². The number of nitrogens with one attached hydrogen (secondary N) is 2. The van der Waals surface area contributed by atoms with Crippen LogP contribution in [0, 0.1) is 5.82 Å². The lowest BCUT2D eigenvalue weighted by Crippen LogP contribution is -2.38. The molecule has 0 spiro atoms. The van der Waals surface area contributed by atoms with Crippen LogP contribution in [-0.4, -0.2) is 54.6 Å². The number of thioether (sulfide) groups is 1. The number of nitrogens with zero attached hydrogens (tertiary/aromatic N) is 1. The highest BCUT2D eigenvalue weighted by molar-refractivity contribution is 7.99. The van der Waals surface area contributed by atoms with E-state index in [1.807, 2.05) is 28.8 Å². The fraction of sp³-hybridized carbons (Fsp3) is 0.333. The number of benzene rings is 2. The maximum absolute atomic E-state index is 12.8. The Morgan fingerprint density at radius 2 is 1.72 bits per heavy atom. The van der Waals surface area contributed by atoms with Crippen LogP contribution in [0.25, 0.3) is 0 Å². The second kappa shape index (κ2) is 10.7. The maximum Gasteiger partial charge on any atom is 0.319 e. The summed E-state index contributed by atoms with van der Waals surface area (Å²) in [5.41, 5.74) is 1.57. The quantitative estimate of drug-likeness (QED) is 0.679. The first-order chi connectivity index (χ1) is 14.1. The average Bonchev–Trinajstić information content (AvgIpc) is 2.74. The van der Waals surface area contributed by atoms with Crippen molar-refractivity contribution in [3.05, 3.63) is 59.9 Å². The van der Waals surface area contributed by atoms with E-state index in [-0.39, 0.29) is 24.4 Å². The molecule has 6 nitrogen and oxygen atoms in total. The third-order valence-electron chi connectivity index (χ3n) is 4.40. The van der Waals surface area contributed by atoms with Gasteiger partial charge in [0.25, 0.3) is 0 Å². The molecule has 0 radical (unpaired) electrons. The van der Waals surface area contributed by atoms with E-state index >= 15 is 0 Å². The average molecular weight is 418 g/mol. The molecule has 1 saturated heterocycles. The summed E-state index contributed by atoms with van der Waals surface area (Å²) >= 11 is 1.87. The molecule has 0 aliphatic carbocycles. The Kier molecular flexibility index (Phi) is 7.75. The fourth-order valence-electron chi connectivity index (χ4n) is 2.84. The third-order valence-corrected chi connectivity index (χ3v) is 5.34. The van der Waals surface area contributed by atoms with Crippen molar-refractivity contribution in [3.8, 4) is 5.75 Å². The molecule has 0 aromatic heterocycles. The van der Waals surface area contributed by atoms with E-state index in [0.717, 1.165) is 30.2 Å². The first kappa shape index (κ1) is 21.0. The summed E-state index contributed by atoms with van der Waals surface area (Å²) in [6.45, 7) is 2.21. The molecular formula is C21H24FN3O3S. The van der Waals surface area contributed by atoms with Crippen molar-refractivity contribution in [2.45, 2.75) is 6.42 Å². The normalized spacial score (nSPS) is 13.6. The van der Waals surface area contributed by atoms with E-state index in [2.05, 4.69) is 10.6 Å². The molecule has 1 aliphatic rings. The van der Waals surface area contributed by atoms with E-state index < -0.39 is 0 Å². The van der Waals surface area contributed by atoms with E-state index in [0.29, 0.717) is 24.4 Å². The highest BCUT2D eigenvalue weighted by Gasteiger charge is 2.16. The van der Waals surface area contributed by atoms with Crippen LogP contribution < -0.4 is 15.4 Å². The third kappa shape index (κ3) is 6.98. The van der Waals surface area contributed by atoms with Crippen LogP contribution in [0.3, 0.4) is 0 Å². The predicted octanol–water partition coefficient (Wildman–Crippen LogP) is 3.14. The number of urea groups is 1. The number of carbonyl (C=O) groups excluding carboxylic acids is 2. The molecule has 154 valence electrons. The minimum Gasteiger partial charge on any atom is -0.492 e. The zero-order chi connectivity index (χ0) is 20.5. The molecule has 2 aromatic carbocycles. The van der Waals surface area contributed by atoms with E-state index in [9.17, 15) is 14.0 Å². The molecule has 29 heavy (non-hydrogen) atoms. The first-order valence-electron chi connectivity index (χ1n) is 9.48.